The zero-order valence-corrected chi connectivity index (χ0v) is 12.8. The molecule has 0 saturated heterocycles. The van der Waals surface area contributed by atoms with E-state index in [0.717, 1.165) is 0 Å². The number of methoxy groups -OCH3 is 2. The van der Waals surface area contributed by atoms with E-state index in [2.05, 4.69) is 4.72 Å². The smallest absolute Gasteiger partial charge is 0.241 e. The molecule has 0 aromatic heterocycles. The van der Waals surface area contributed by atoms with Gasteiger partial charge in [-0.05, 0) is 44.0 Å². The van der Waals surface area contributed by atoms with Gasteiger partial charge in [-0.3, -0.25) is 0 Å². The zero-order chi connectivity index (χ0) is 14.6. The Morgan fingerprint density at radius 3 is 2.16 bits per heavy atom. The number of aryl methyl sites for hydroxylation is 2. The van der Waals surface area contributed by atoms with Crippen LogP contribution in [0.15, 0.2) is 17.0 Å². The molecule has 0 aliphatic heterocycles. The van der Waals surface area contributed by atoms with Crippen LogP contribution in [-0.2, 0) is 14.8 Å². The second-order valence-corrected chi connectivity index (χ2v) is 6.19. The van der Waals surface area contributed by atoms with Crippen LogP contribution in [-0.4, -0.2) is 35.3 Å². The molecule has 0 fully saturated rings. The third kappa shape index (κ3) is 3.92. The summed E-state index contributed by atoms with van der Waals surface area (Å²) in [6, 6.07) is 3.42. The largest absolute Gasteiger partial charge is 0.497 e. The summed E-state index contributed by atoms with van der Waals surface area (Å²) in [5.74, 6) is 0.652. The lowest BCUT2D eigenvalue weighted by Gasteiger charge is -2.15. The SMILES string of the molecule is COc1cc(C)c(S(=O)(=O)NCC(C)OC)c(C)c1. The molecule has 5 nitrogen and oxygen atoms in total. The van der Waals surface area contributed by atoms with Crippen molar-refractivity contribution in [2.75, 3.05) is 20.8 Å². The second-order valence-electron chi connectivity index (χ2n) is 4.49. The number of hydrogen-bond acceptors (Lipinski definition) is 4. The minimum Gasteiger partial charge on any atom is -0.497 e. The minimum atomic E-state index is -3.54. The average molecular weight is 287 g/mol. The van der Waals surface area contributed by atoms with Crippen LogP contribution in [0.1, 0.15) is 18.1 Å². The molecule has 19 heavy (non-hydrogen) atoms. The summed E-state index contributed by atoms with van der Waals surface area (Å²) in [5.41, 5.74) is 1.32. The van der Waals surface area contributed by atoms with E-state index in [9.17, 15) is 8.42 Å². The van der Waals surface area contributed by atoms with Crippen molar-refractivity contribution >= 4 is 10.0 Å². The van der Waals surface area contributed by atoms with Crippen LogP contribution in [0.4, 0.5) is 0 Å². The van der Waals surface area contributed by atoms with Crippen LogP contribution in [0, 0.1) is 13.8 Å². The van der Waals surface area contributed by atoms with Gasteiger partial charge in [0, 0.05) is 13.7 Å². The Morgan fingerprint density at radius 1 is 1.21 bits per heavy atom. The molecule has 0 amide bonds. The summed E-state index contributed by atoms with van der Waals surface area (Å²) in [6.07, 6.45) is -0.173. The summed E-state index contributed by atoms with van der Waals surface area (Å²) in [6.45, 7) is 5.55. The van der Waals surface area contributed by atoms with E-state index in [-0.39, 0.29) is 12.6 Å². The van der Waals surface area contributed by atoms with Gasteiger partial charge in [0.1, 0.15) is 5.75 Å². The Kier molecular flexibility index (Phi) is 5.34. The summed E-state index contributed by atoms with van der Waals surface area (Å²) in [4.78, 5) is 0.302. The number of benzene rings is 1. The number of hydrogen-bond donors (Lipinski definition) is 1. The molecule has 0 spiro atoms. The normalized spacial score (nSPS) is 13.3. The van der Waals surface area contributed by atoms with E-state index in [1.807, 2.05) is 0 Å². The molecule has 0 aliphatic rings. The van der Waals surface area contributed by atoms with E-state index in [1.54, 1.807) is 47.1 Å². The van der Waals surface area contributed by atoms with Crippen LogP contribution < -0.4 is 9.46 Å². The van der Waals surface area contributed by atoms with Gasteiger partial charge in [0.2, 0.25) is 10.0 Å². The third-order valence-electron chi connectivity index (χ3n) is 2.90. The van der Waals surface area contributed by atoms with Gasteiger partial charge in [0.05, 0.1) is 18.1 Å². The third-order valence-corrected chi connectivity index (χ3v) is 4.63. The standard InChI is InChI=1S/C13H21NO4S/c1-9-6-12(18-5)7-10(2)13(9)19(15,16)14-8-11(3)17-4/h6-7,11,14H,8H2,1-5H3. The van der Waals surface area contributed by atoms with Gasteiger partial charge in [-0.15, -0.1) is 0 Å². The fraction of sp³-hybridized carbons (Fsp3) is 0.538. The van der Waals surface area contributed by atoms with Gasteiger partial charge in [-0.25, -0.2) is 13.1 Å². The summed E-state index contributed by atoms with van der Waals surface area (Å²) < 4.78 is 37.3. The van der Waals surface area contributed by atoms with Gasteiger partial charge < -0.3 is 9.47 Å². The van der Waals surface area contributed by atoms with Crippen molar-refractivity contribution in [3.8, 4) is 5.75 Å². The average Bonchev–Trinajstić information content (AvgIpc) is 2.34. The van der Waals surface area contributed by atoms with Crippen molar-refractivity contribution in [2.24, 2.45) is 0 Å². The van der Waals surface area contributed by atoms with Crippen LogP contribution in [0.25, 0.3) is 0 Å². The van der Waals surface area contributed by atoms with Crippen LogP contribution in [0.3, 0.4) is 0 Å². The highest BCUT2D eigenvalue weighted by Crippen LogP contribution is 2.25. The molecule has 108 valence electrons. The van der Waals surface area contributed by atoms with E-state index in [4.69, 9.17) is 9.47 Å². The van der Waals surface area contributed by atoms with Crippen molar-refractivity contribution in [3.63, 3.8) is 0 Å². The quantitative estimate of drug-likeness (QED) is 0.863. The molecule has 1 rings (SSSR count). The Bertz CT molecular complexity index is 517. The Morgan fingerprint density at radius 2 is 1.74 bits per heavy atom. The van der Waals surface area contributed by atoms with Gasteiger partial charge in [0.25, 0.3) is 0 Å². The highest BCUT2D eigenvalue weighted by atomic mass is 32.2. The number of sulfonamides is 1. The van der Waals surface area contributed by atoms with Gasteiger partial charge in [-0.1, -0.05) is 0 Å². The molecule has 1 unspecified atom stereocenters. The molecule has 0 aliphatic carbocycles. The molecule has 1 aromatic rings. The van der Waals surface area contributed by atoms with Crippen molar-refractivity contribution < 1.29 is 17.9 Å². The molecule has 1 N–H and O–H groups in total. The van der Waals surface area contributed by atoms with Crippen molar-refractivity contribution in [2.45, 2.75) is 31.8 Å². The molecular formula is C13H21NO4S. The Balaban J connectivity index is 3.08. The molecular weight excluding hydrogens is 266 g/mol. The molecule has 0 radical (unpaired) electrons. The topological polar surface area (TPSA) is 64.6 Å². The zero-order valence-electron chi connectivity index (χ0n) is 12.0. The van der Waals surface area contributed by atoms with Crippen LogP contribution >= 0.6 is 0 Å². The Hall–Kier alpha value is -1.11. The Labute approximate surface area is 115 Å². The predicted molar refractivity (Wildman–Crippen MR) is 74.1 cm³/mol. The maximum atomic E-state index is 12.3. The van der Waals surface area contributed by atoms with Crippen LogP contribution in [0.2, 0.25) is 0 Å². The lowest BCUT2D eigenvalue weighted by Crippen LogP contribution is -2.32. The highest BCUT2D eigenvalue weighted by molar-refractivity contribution is 7.89. The maximum absolute atomic E-state index is 12.3. The predicted octanol–water partition coefficient (Wildman–Crippen LogP) is 1.63. The van der Waals surface area contributed by atoms with E-state index >= 15 is 0 Å². The van der Waals surface area contributed by atoms with Gasteiger partial charge >= 0.3 is 0 Å². The van der Waals surface area contributed by atoms with Crippen molar-refractivity contribution in [3.05, 3.63) is 23.3 Å². The first-order valence-electron chi connectivity index (χ1n) is 5.99. The van der Waals surface area contributed by atoms with Gasteiger partial charge in [-0.2, -0.15) is 0 Å². The first kappa shape index (κ1) is 15.9. The lowest BCUT2D eigenvalue weighted by atomic mass is 10.1. The molecule has 1 aromatic carbocycles. The van der Waals surface area contributed by atoms with Crippen molar-refractivity contribution in [1.82, 2.24) is 4.72 Å². The van der Waals surface area contributed by atoms with Gasteiger partial charge in [0.15, 0.2) is 0 Å². The minimum absolute atomic E-state index is 0.173. The number of nitrogens with one attached hydrogen (secondary N) is 1. The second kappa shape index (κ2) is 6.36. The van der Waals surface area contributed by atoms with E-state index in [0.29, 0.717) is 21.8 Å². The maximum Gasteiger partial charge on any atom is 0.241 e. The van der Waals surface area contributed by atoms with E-state index < -0.39 is 10.0 Å². The molecule has 1 atom stereocenters. The molecule has 6 heteroatoms. The first-order valence-corrected chi connectivity index (χ1v) is 7.47. The summed E-state index contributed by atoms with van der Waals surface area (Å²) >= 11 is 0. The fourth-order valence-electron chi connectivity index (χ4n) is 1.83. The molecule has 0 heterocycles. The number of rotatable bonds is 6. The summed E-state index contributed by atoms with van der Waals surface area (Å²) in [5, 5.41) is 0. The fourth-order valence-corrected chi connectivity index (χ4v) is 3.40. The van der Waals surface area contributed by atoms with Crippen LogP contribution in [0.5, 0.6) is 5.75 Å². The summed E-state index contributed by atoms with van der Waals surface area (Å²) in [7, 11) is -0.436. The first-order chi connectivity index (χ1) is 8.81. The van der Waals surface area contributed by atoms with E-state index in [1.165, 1.54) is 0 Å². The molecule has 0 saturated carbocycles. The molecule has 0 bridgehead atoms. The number of ether oxygens (including phenoxy) is 2. The monoisotopic (exact) mass is 287 g/mol. The highest BCUT2D eigenvalue weighted by Gasteiger charge is 2.20. The van der Waals surface area contributed by atoms with Crippen molar-refractivity contribution in [1.29, 1.82) is 0 Å². The lowest BCUT2D eigenvalue weighted by molar-refractivity contribution is 0.122.